The van der Waals surface area contributed by atoms with Gasteiger partial charge in [-0.2, -0.15) is 0 Å². The normalized spacial score (nSPS) is 18.9. The number of likely N-dealkylation sites (tertiary alicyclic amines) is 1. The van der Waals surface area contributed by atoms with E-state index in [0.717, 1.165) is 47.4 Å². The maximum Gasteiger partial charge on any atom is 0.336 e. The zero-order chi connectivity index (χ0) is 20.5. The minimum atomic E-state index is -0.393. The van der Waals surface area contributed by atoms with Crippen molar-refractivity contribution in [2.75, 3.05) is 20.8 Å². The highest BCUT2D eigenvalue weighted by Gasteiger charge is 2.33. The van der Waals surface area contributed by atoms with E-state index < -0.39 is 5.63 Å². The van der Waals surface area contributed by atoms with Crippen LogP contribution in [0.4, 0.5) is 0 Å². The molecule has 2 heterocycles. The van der Waals surface area contributed by atoms with Crippen molar-refractivity contribution < 1.29 is 23.9 Å². The van der Waals surface area contributed by atoms with Crippen molar-refractivity contribution in [3.63, 3.8) is 0 Å². The number of rotatable bonds is 5. The summed E-state index contributed by atoms with van der Waals surface area (Å²) in [7, 11) is 3.35. The molecule has 1 unspecified atom stereocenters. The molecule has 3 aromatic rings. The predicted octanol–water partition coefficient (Wildman–Crippen LogP) is 2.74. The van der Waals surface area contributed by atoms with E-state index in [1.807, 2.05) is 18.2 Å². The van der Waals surface area contributed by atoms with E-state index in [-0.39, 0.29) is 11.8 Å². The lowest BCUT2D eigenvalue weighted by Gasteiger charge is -2.24. The Morgan fingerprint density at radius 3 is 2.76 bits per heavy atom. The Labute approximate surface area is 169 Å². The molecule has 1 aliphatic rings. The summed E-state index contributed by atoms with van der Waals surface area (Å²) in [6.45, 7) is 3.46. The number of fused-ring (bicyclic) bond motifs is 1. The molecule has 29 heavy (non-hydrogen) atoms. The van der Waals surface area contributed by atoms with Crippen LogP contribution in [0.1, 0.15) is 35.6 Å². The van der Waals surface area contributed by atoms with Crippen molar-refractivity contribution in [3.05, 3.63) is 63.5 Å². The first kappa shape index (κ1) is 19.3. The maximum atomic E-state index is 12.2. The fraction of sp³-hybridized carbons (Fsp3) is 0.348. The van der Waals surface area contributed by atoms with Crippen LogP contribution in [0.25, 0.3) is 11.0 Å². The summed E-state index contributed by atoms with van der Waals surface area (Å²) in [5.74, 6) is 1.79. The van der Waals surface area contributed by atoms with Gasteiger partial charge in [0.05, 0.1) is 26.3 Å². The monoisotopic (exact) mass is 396 g/mol. The number of benzene rings is 2. The van der Waals surface area contributed by atoms with E-state index in [1.165, 1.54) is 4.90 Å². The van der Waals surface area contributed by atoms with Crippen LogP contribution < -0.4 is 20.0 Å². The van der Waals surface area contributed by atoms with Gasteiger partial charge in [0.1, 0.15) is 35.4 Å². The molecule has 0 aliphatic carbocycles. The highest BCUT2D eigenvalue weighted by molar-refractivity contribution is 5.84. The molecule has 0 bridgehead atoms. The van der Waals surface area contributed by atoms with Gasteiger partial charge in [-0.1, -0.05) is 0 Å². The summed E-state index contributed by atoms with van der Waals surface area (Å²) in [5, 5.41) is 10.9. The standard InChI is InChI=1S/C23H25NO5/c1-14-20(25)8-7-17-15(11-22(26)29-23(14)17)13-24-10-4-5-19(24)18-12-16(27-2)6-9-21(18)28-3/h6-9,11-12,19,25H,4-5,10,13H2,1-3H3/p+1/t19-/m0/s1. The van der Waals surface area contributed by atoms with E-state index in [9.17, 15) is 9.90 Å². The molecule has 6 heteroatoms. The van der Waals surface area contributed by atoms with Crippen molar-refractivity contribution in [2.24, 2.45) is 0 Å². The third-order valence-corrected chi connectivity index (χ3v) is 5.93. The van der Waals surface area contributed by atoms with Crippen molar-refractivity contribution in [3.8, 4) is 17.2 Å². The molecule has 6 nitrogen and oxygen atoms in total. The lowest BCUT2D eigenvalue weighted by Crippen LogP contribution is -3.08. The van der Waals surface area contributed by atoms with Gasteiger partial charge in [0.2, 0.25) is 0 Å². The zero-order valence-corrected chi connectivity index (χ0v) is 17.0. The second-order valence-corrected chi connectivity index (χ2v) is 7.56. The van der Waals surface area contributed by atoms with Gasteiger partial charge in [0.25, 0.3) is 0 Å². The minimum absolute atomic E-state index is 0.130. The van der Waals surface area contributed by atoms with Crippen LogP contribution >= 0.6 is 0 Å². The first-order chi connectivity index (χ1) is 14.0. The van der Waals surface area contributed by atoms with Gasteiger partial charge in [-0.3, -0.25) is 0 Å². The molecule has 0 saturated carbocycles. The van der Waals surface area contributed by atoms with E-state index in [2.05, 4.69) is 6.07 Å². The number of nitrogens with one attached hydrogen (secondary N) is 1. The molecular weight excluding hydrogens is 370 g/mol. The molecule has 2 aromatic carbocycles. The van der Waals surface area contributed by atoms with Gasteiger partial charge < -0.3 is 23.9 Å². The van der Waals surface area contributed by atoms with Crippen LogP contribution in [0.3, 0.4) is 0 Å². The number of phenolic OH excluding ortho intramolecular Hbond substituents is 1. The molecule has 0 amide bonds. The van der Waals surface area contributed by atoms with Gasteiger partial charge in [-0.05, 0) is 37.3 Å². The summed E-state index contributed by atoms with van der Waals surface area (Å²) in [4.78, 5) is 13.6. The van der Waals surface area contributed by atoms with Gasteiger partial charge in [-0.25, -0.2) is 4.79 Å². The first-order valence-corrected chi connectivity index (χ1v) is 9.83. The van der Waals surface area contributed by atoms with Crippen LogP contribution in [0, 0.1) is 6.92 Å². The van der Waals surface area contributed by atoms with Crippen molar-refractivity contribution in [1.29, 1.82) is 0 Å². The SMILES string of the molecule is COc1ccc(OC)c([C@@H]2CCC[NH+]2Cc2cc(=O)oc3c(C)c(O)ccc23)c1. The number of phenols is 1. The molecule has 4 rings (SSSR count). The second-order valence-electron chi connectivity index (χ2n) is 7.56. The number of methoxy groups -OCH3 is 2. The van der Waals surface area contributed by atoms with Gasteiger partial charge in [0.15, 0.2) is 0 Å². The smallest absolute Gasteiger partial charge is 0.336 e. The molecule has 1 fully saturated rings. The molecule has 1 aromatic heterocycles. The van der Waals surface area contributed by atoms with E-state index in [0.29, 0.717) is 17.7 Å². The molecule has 2 atom stereocenters. The molecule has 0 spiro atoms. The summed E-state index contributed by atoms with van der Waals surface area (Å²) in [6, 6.07) is 11.2. The second kappa shape index (κ2) is 7.79. The van der Waals surface area contributed by atoms with Gasteiger partial charge >= 0.3 is 5.63 Å². The Morgan fingerprint density at radius 1 is 1.17 bits per heavy atom. The lowest BCUT2D eigenvalue weighted by molar-refractivity contribution is -0.931. The highest BCUT2D eigenvalue weighted by Crippen LogP contribution is 2.32. The number of aryl methyl sites for hydroxylation is 1. The largest absolute Gasteiger partial charge is 0.508 e. The van der Waals surface area contributed by atoms with Crippen molar-refractivity contribution >= 4 is 11.0 Å². The number of hydrogen-bond donors (Lipinski definition) is 2. The quantitative estimate of drug-likeness (QED) is 0.649. The summed E-state index contributed by atoms with van der Waals surface area (Å²) < 4.78 is 16.4. The number of quaternary nitrogens is 1. The predicted molar refractivity (Wildman–Crippen MR) is 110 cm³/mol. The van der Waals surface area contributed by atoms with E-state index >= 15 is 0 Å². The van der Waals surface area contributed by atoms with Crippen molar-refractivity contribution in [2.45, 2.75) is 32.4 Å². The molecular formula is C23H26NO5+. The number of ether oxygens (including phenoxy) is 2. The van der Waals surface area contributed by atoms with Crippen LogP contribution in [-0.2, 0) is 6.54 Å². The molecule has 2 N–H and O–H groups in total. The van der Waals surface area contributed by atoms with Crippen molar-refractivity contribution in [1.82, 2.24) is 0 Å². The fourth-order valence-electron chi connectivity index (χ4n) is 4.42. The van der Waals surface area contributed by atoms with E-state index in [4.69, 9.17) is 13.9 Å². The number of aromatic hydroxyl groups is 1. The Morgan fingerprint density at radius 2 is 2.00 bits per heavy atom. The van der Waals surface area contributed by atoms with Crippen LogP contribution in [0.5, 0.6) is 17.2 Å². The van der Waals surface area contributed by atoms with Crippen LogP contribution in [0.15, 0.2) is 45.6 Å². The highest BCUT2D eigenvalue weighted by atomic mass is 16.5. The van der Waals surface area contributed by atoms with Crippen LogP contribution in [0.2, 0.25) is 0 Å². The minimum Gasteiger partial charge on any atom is -0.508 e. The molecule has 1 aliphatic heterocycles. The summed E-state index contributed by atoms with van der Waals surface area (Å²) in [6.07, 6.45) is 2.14. The van der Waals surface area contributed by atoms with Gasteiger partial charge in [0, 0.05) is 35.4 Å². The Bertz CT molecular complexity index is 1100. The molecule has 152 valence electrons. The molecule has 0 radical (unpaired) electrons. The van der Waals surface area contributed by atoms with Crippen LogP contribution in [-0.4, -0.2) is 25.9 Å². The zero-order valence-electron chi connectivity index (χ0n) is 17.0. The Kier molecular flexibility index (Phi) is 5.20. The average Bonchev–Trinajstić information content (AvgIpc) is 3.18. The fourth-order valence-corrected chi connectivity index (χ4v) is 4.42. The summed E-state index contributed by atoms with van der Waals surface area (Å²) >= 11 is 0. The average molecular weight is 396 g/mol. The Hall–Kier alpha value is -2.99. The van der Waals surface area contributed by atoms with E-state index in [1.54, 1.807) is 33.3 Å². The third kappa shape index (κ3) is 3.56. The topological polar surface area (TPSA) is 73.3 Å². The Balaban J connectivity index is 1.74. The first-order valence-electron chi connectivity index (χ1n) is 9.83. The molecule has 1 saturated heterocycles. The van der Waals surface area contributed by atoms with Gasteiger partial charge in [-0.15, -0.1) is 0 Å². The lowest BCUT2D eigenvalue weighted by atomic mass is 10.0. The maximum absolute atomic E-state index is 12.2. The third-order valence-electron chi connectivity index (χ3n) is 5.93. The number of hydrogen-bond acceptors (Lipinski definition) is 5. The summed E-state index contributed by atoms with van der Waals surface area (Å²) in [5.41, 5.74) is 2.71.